The van der Waals surface area contributed by atoms with Crippen molar-refractivity contribution in [1.82, 2.24) is 0 Å². The minimum atomic E-state index is -0.984. The lowest BCUT2D eigenvalue weighted by Crippen LogP contribution is -2.36. The van der Waals surface area contributed by atoms with Crippen LogP contribution >= 0.6 is 0 Å². The Morgan fingerprint density at radius 2 is 1.74 bits per heavy atom. The van der Waals surface area contributed by atoms with Crippen LogP contribution in [0.2, 0.25) is 0 Å². The van der Waals surface area contributed by atoms with Crippen LogP contribution in [0.3, 0.4) is 0 Å². The largest absolute Gasteiger partial charge is 0.508 e. The number of esters is 1. The lowest BCUT2D eigenvalue weighted by Gasteiger charge is -2.35. The molecule has 0 bridgehead atoms. The highest BCUT2D eigenvalue weighted by Crippen LogP contribution is 2.46. The number of rotatable bonds is 6. The molecular formula is C27H25N3O9. The van der Waals surface area contributed by atoms with E-state index in [1.807, 2.05) is 0 Å². The van der Waals surface area contributed by atoms with Crippen LogP contribution in [-0.4, -0.2) is 47.2 Å². The van der Waals surface area contributed by atoms with Crippen molar-refractivity contribution >= 4 is 5.97 Å². The van der Waals surface area contributed by atoms with E-state index in [1.165, 1.54) is 26.2 Å². The third-order valence-electron chi connectivity index (χ3n) is 6.45. The molecule has 2 heterocycles. The van der Waals surface area contributed by atoms with Gasteiger partial charge in [-0.05, 0) is 35.4 Å². The number of methoxy groups -OCH3 is 1. The van der Waals surface area contributed by atoms with Crippen molar-refractivity contribution in [3.05, 3.63) is 75.7 Å². The Morgan fingerprint density at radius 1 is 1.00 bits per heavy atom. The molecule has 0 saturated heterocycles. The van der Waals surface area contributed by atoms with Crippen molar-refractivity contribution in [3.63, 3.8) is 0 Å². The monoisotopic (exact) mass is 535 g/mol. The van der Waals surface area contributed by atoms with E-state index in [2.05, 4.69) is 10.0 Å². The lowest BCUT2D eigenvalue weighted by molar-refractivity contribution is -0.132. The van der Waals surface area contributed by atoms with Crippen LogP contribution in [0.1, 0.15) is 35.8 Å². The highest BCUT2D eigenvalue weighted by molar-refractivity contribution is 5.70. The van der Waals surface area contributed by atoms with Crippen LogP contribution in [0.4, 0.5) is 0 Å². The van der Waals surface area contributed by atoms with Gasteiger partial charge in [-0.25, -0.2) is 0 Å². The van der Waals surface area contributed by atoms with Crippen molar-refractivity contribution < 1.29 is 43.8 Å². The van der Waals surface area contributed by atoms with Crippen molar-refractivity contribution in [2.24, 2.45) is 5.11 Å². The maximum absolute atomic E-state index is 11.4. The third kappa shape index (κ3) is 5.15. The average molecular weight is 536 g/mol. The zero-order valence-corrected chi connectivity index (χ0v) is 21.0. The standard InChI is InChI=1S/C27H25N3O9/c1-13(31)36-20-5-4-15(7-23(20)35-2)27-25(12-29-30-28)37-21-6-3-14(8-24(21)39-27)26-19(34)11-17-18(33)9-16(32)10-22(17)38-26/h3-10,19,25-27,32-34H,11-12H2,1-2H3/t19-,25+,26+,27+/m0/s1. The second-order valence-corrected chi connectivity index (χ2v) is 9.07. The Morgan fingerprint density at radius 3 is 2.49 bits per heavy atom. The molecule has 0 aliphatic carbocycles. The topological polar surface area (TPSA) is 173 Å². The number of carbonyl (C=O) groups excluding carboxylic acids is 1. The molecule has 3 N–H and O–H groups in total. The molecule has 3 aromatic rings. The number of azide groups is 1. The average Bonchev–Trinajstić information content (AvgIpc) is 2.91. The Kier molecular flexibility index (Phi) is 6.97. The summed E-state index contributed by atoms with van der Waals surface area (Å²) in [5, 5.41) is 34.5. The highest BCUT2D eigenvalue weighted by Gasteiger charge is 2.36. The summed E-state index contributed by atoms with van der Waals surface area (Å²) in [7, 11) is 1.44. The molecule has 0 radical (unpaired) electrons. The number of phenolic OH excluding ortho intramolecular Hbond substituents is 2. The maximum Gasteiger partial charge on any atom is 0.308 e. The van der Waals surface area contributed by atoms with Gasteiger partial charge in [0.1, 0.15) is 29.5 Å². The number of fused-ring (bicyclic) bond motifs is 2. The van der Waals surface area contributed by atoms with Crippen LogP contribution in [0.5, 0.6) is 40.2 Å². The van der Waals surface area contributed by atoms with Crippen molar-refractivity contribution in [1.29, 1.82) is 0 Å². The molecule has 2 aliphatic heterocycles. The van der Waals surface area contributed by atoms with Gasteiger partial charge in [0.15, 0.2) is 29.1 Å². The molecule has 0 spiro atoms. The Hall–Kier alpha value is -4.80. The number of aromatic hydroxyl groups is 2. The van der Waals surface area contributed by atoms with Crippen molar-refractivity contribution in [2.45, 2.75) is 37.8 Å². The number of aliphatic hydroxyl groups is 1. The second-order valence-electron chi connectivity index (χ2n) is 9.07. The quantitative estimate of drug-likeness (QED) is 0.137. The normalized spacial score (nSPS) is 21.1. The summed E-state index contributed by atoms with van der Waals surface area (Å²) in [6.07, 6.45) is -3.09. The Bertz CT molecular complexity index is 1470. The SMILES string of the molecule is COc1cc([C@H]2Oc3cc([C@H]4Oc5cc(O)cc(O)c5C[C@@H]4O)ccc3O[C@@H]2CN=[N+]=[N-])ccc1OC(C)=O. The Balaban J connectivity index is 1.47. The van der Waals surface area contributed by atoms with E-state index in [9.17, 15) is 20.1 Å². The fourth-order valence-corrected chi connectivity index (χ4v) is 4.71. The molecule has 0 saturated carbocycles. The first-order chi connectivity index (χ1) is 18.8. The molecule has 3 aromatic carbocycles. The second kappa shape index (κ2) is 10.5. The van der Waals surface area contributed by atoms with Gasteiger partial charge >= 0.3 is 5.97 Å². The van der Waals surface area contributed by atoms with Gasteiger partial charge in [-0.2, -0.15) is 0 Å². The minimum Gasteiger partial charge on any atom is -0.508 e. The predicted octanol–water partition coefficient (Wildman–Crippen LogP) is 4.26. The fourth-order valence-electron chi connectivity index (χ4n) is 4.71. The first kappa shape index (κ1) is 25.8. The number of nitrogens with zero attached hydrogens (tertiary/aromatic N) is 3. The van der Waals surface area contributed by atoms with Gasteiger partial charge in [0, 0.05) is 41.5 Å². The first-order valence-corrected chi connectivity index (χ1v) is 12.0. The molecule has 5 rings (SSSR count). The summed E-state index contributed by atoms with van der Waals surface area (Å²) in [4.78, 5) is 14.3. The van der Waals surface area contributed by atoms with E-state index in [0.717, 1.165) is 0 Å². The number of phenols is 2. The van der Waals surface area contributed by atoms with Gasteiger partial charge in [0.2, 0.25) is 0 Å². The molecule has 12 nitrogen and oxygen atoms in total. The van der Waals surface area contributed by atoms with Crippen LogP contribution in [0.15, 0.2) is 53.6 Å². The van der Waals surface area contributed by atoms with Gasteiger partial charge in [0.25, 0.3) is 0 Å². The number of hydrogen-bond acceptors (Lipinski definition) is 10. The summed E-state index contributed by atoms with van der Waals surface area (Å²) in [6, 6.07) is 12.5. The maximum atomic E-state index is 11.4. The summed E-state index contributed by atoms with van der Waals surface area (Å²) >= 11 is 0. The van der Waals surface area contributed by atoms with E-state index < -0.39 is 30.4 Å². The molecule has 0 fully saturated rings. The van der Waals surface area contributed by atoms with Crippen LogP contribution < -0.4 is 23.7 Å². The van der Waals surface area contributed by atoms with Gasteiger partial charge in [-0.3, -0.25) is 4.79 Å². The summed E-state index contributed by atoms with van der Waals surface area (Å²) in [6.45, 7) is 1.26. The van der Waals surface area contributed by atoms with Gasteiger partial charge in [-0.1, -0.05) is 17.2 Å². The molecule has 12 heteroatoms. The summed E-state index contributed by atoms with van der Waals surface area (Å²) < 4.78 is 29.0. The number of aliphatic hydroxyl groups excluding tert-OH is 1. The van der Waals surface area contributed by atoms with E-state index in [1.54, 1.807) is 36.4 Å². The van der Waals surface area contributed by atoms with Crippen LogP contribution in [0.25, 0.3) is 10.4 Å². The number of hydrogen-bond donors (Lipinski definition) is 3. The molecule has 0 unspecified atom stereocenters. The number of carbonyl (C=O) groups is 1. The van der Waals surface area contributed by atoms with E-state index in [0.29, 0.717) is 33.9 Å². The zero-order chi connectivity index (χ0) is 27.7. The molecular weight excluding hydrogens is 510 g/mol. The van der Waals surface area contributed by atoms with Crippen LogP contribution in [0, 0.1) is 0 Å². The van der Waals surface area contributed by atoms with Gasteiger partial charge < -0.3 is 39.0 Å². The lowest BCUT2D eigenvalue weighted by atomic mass is 9.93. The van der Waals surface area contributed by atoms with Crippen molar-refractivity contribution in [2.75, 3.05) is 13.7 Å². The smallest absolute Gasteiger partial charge is 0.308 e. The molecule has 39 heavy (non-hydrogen) atoms. The fraction of sp³-hybridized carbons (Fsp3) is 0.296. The van der Waals surface area contributed by atoms with E-state index in [-0.39, 0.29) is 36.0 Å². The minimum absolute atomic E-state index is 0.0232. The van der Waals surface area contributed by atoms with Crippen molar-refractivity contribution in [3.8, 4) is 40.2 Å². The zero-order valence-electron chi connectivity index (χ0n) is 21.0. The van der Waals surface area contributed by atoms with E-state index >= 15 is 0 Å². The Labute approximate surface area is 222 Å². The third-order valence-corrected chi connectivity index (χ3v) is 6.45. The van der Waals surface area contributed by atoms with Crippen LogP contribution in [-0.2, 0) is 11.2 Å². The van der Waals surface area contributed by atoms with Gasteiger partial charge in [-0.15, -0.1) is 0 Å². The summed E-state index contributed by atoms with van der Waals surface area (Å²) in [5.41, 5.74) is 10.5. The predicted molar refractivity (Wildman–Crippen MR) is 135 cm³/mol. The first-order valence-electron chi connectivity index (χ1n) is 12.0. The highest BCUT2D eigenvalue weighted by atomic mass is 16.6. The number of ether oxygens (including phenoxy) is 5. The molecule has 202 valence electrons. The van der Waals surface area contributed by atoms with Gasteiger partial charge in [0.05, 0.1) is 19.8 Å². The molecule has 0 aromatic heterocycles. The molecule has 2 aliphatic rings. The van der Waals surface area contributed by atoms with E-state index in [4.69, 9.17) is 29.2 Å². The number of benzene rings is 3. The summed E-state index contributed by atoms with van der Waals surface area (Å²) in [5.74, 6) is 0.751. The molecule has 4 atom stereocenters. The molecule has 0 amide bonds.